The summed E-state index contributed by atoms with van der Waals surface area (Å²) in [5, 5.41) is 1.38. The van der Waals surface area contributed by atoms with E-state index in [2.05, 4.69) is 49.8 Å². The fourth-order valence-electron chi connectivity index (χ4n) is 1.35. The Hall–Kier alpha value is -1.00. The van der Waals surface area contributed by atoms with Crippen LogP contribution in [0.4, 0.5) is 0 Å². The second kappa shape index (κ2) is 3.16. The average Bonchev–Trinajstić information content (AvgIpc) is 2.05. The molecule has 12 heavy (non-hydrogen) atoms. The van der Waals surface area contributed by atoms with Gasteiger partial charge in [0.15, 0.2) is 8.07 Å². The summed E-state index contributed by atoms with van der Waals surface area (Å²) in [7, 11) is -1.57. The topological polar surface area (TPSA) is 0 Å². The van der Waals surface area contributed by atoms with Gasteiger partial charge in [0.1, 0.15) is 0 Å². The molecule has 0 fully saturated rings. The molecule has 0 N–H and O–H groups in total. The number of terminal acetylenes is 1. The van der Waals surface area contributed by atoms with Gasteiger partial charge in [-0.3, -0.25) is 0 Å². The summed E-state index contributed by atoms with van der Waals surface area (Å²) in [4.78, 5) is 0. The zero-order valence-electron chi connectivity index (χ0n) is 7.89. The molecule has 0 saturated carbocycles. The molecule has 1 heteroatoms. The Morgan fingerprint density at radius 3 is 2.33 bits per heavy atom. The van der Waals surface area contributed by atoms with E-state index in [9.17, 15) is 0 Å². The molecule has 0 atom stereocenters. The first kappa shape index (κ1) is 9.09. The third-order valence-corrected chi connectivity index (χ3v) is 4.81. The molecule has 1 aromatic rings. The van der Waals surface area contributed by atoms with Gasteiger partial charge in [-0.2, -0.15) is 0 Å². The molecule has 0 heterocycles. The zero-order chi connectivity index (χ0) is 9.19. The molecule has 0 radical (unpaired) electrons. The minimum Gasteiger partial charge on any atom is -0.129 e. The van der Waals surface area contributed by atoms with Gasteiger partial charge in [0.25, 0.3) is 0 Å². The standard InChI is InChI=1S/C11H14Si/c1-5-12(3,4)11-9-7-6-8-10(11)2/h1,6-9H,2-4H3. The first-order chi connectivity index (χ1) is 5.58. The van der Waals surface area contributed by atoms with Gasteiger partial charge in [-0.05, 0) is 12.1 Å². The van der Waals surface area contributed by atoms with E-state index in [1.807, 2.05) is 0 Å². The van der Waals surface area contributed by atoms with E-state index in [0.717, 1.165) is 0 Å². The van der Waals surface area contributed by atoms with Gasteiger partial charge < -0.3 is 0 Å². The van der Waals surface area contributed by atoms with Crippen LogP contribution in [0.1, 0.15) is 5.56 Å². The van der Waals surface area contributed by atoms with Crippen molar-refractivity contribution >= 4 is 13.3 Å². The second-order valence-electron chi connectivity index (χ2n) is 3.58. The van der Waals surface area contributed by atoms with Crippen LogP contribution in [-0.2, 0) is 0 Å². The Morgan fingerprint density at radius 2 is 1.83 bits per heavy atom. The fraction of sp³-hybridized carbons (Fsp3) is 0.273. The zero-order valence-corrected chi connectivity index (χ0v) is 8.89. The SMILES string of the molecule is C#C[Si](C)(C)c1ccccc1C. The number of rotatable bonds is 1. The predicted molar refractivity (Wildman–Crippen MR) is 57.1 cm³/mol. The van der Waals surface area contributed by atoms with E-state index >= 15 is 0 Å². The smallest absolute Gasteiger partial charge is 0.129 e. The summed E-state index contributed by atoms with van der Waals surface area (Å²) in [5.41, 5.74) is 4.26. The molecule has 1 aromatic carbocycles. The molecule has 0 spiro atoms. The third-order valence-electron chi connectivity index (χ3n) is 2.18. The van der Waals surface area contributed by atoms with E-state index in [1.54, 1.807) is 0 Å². The highest BCUT2D eigenvalue weighted by molar-refractivity contribution is 6.96. The van der Waals surface area contributed by atoms with Crippen LogP contribution in [0.3, 0.4) is 0 Å². The van der Waals surface area contributed by atoms with E-state index in [-0.39, 0.29) is 0 Å². The van der Waals surface area contributed by atoms with Crippen LogP contribution in [0.15, 0.2) is 24.3 Å². The van der Waals surface area contributed by atoms with Crippen molar-refractivity contribution in [3.8, 4) is 12.0 Å². The van der Waals surface area contributed by atoms with E-state index in [4.69, 9.17) is 6.42 Å². The Balaban J connectivity index is 3.22. The van der Waals surface area contributed by atoms with Crippen molar-refractivity contribution in [2.75, 3.05) is 0 Å². The van der Waals surface area contributed by atoms with Gasteiger partial charge >= 0.3 is 0 Å². The molecular weight excluding hydrogens is 160 g/mol. The van der Waals surface area contributed by atoms with Gasteiger partial charge in [0, 0.05) is 0 Å². The average molecular weight is 174 g/mol. The summed E-state index contributed by atoms with van der Waals surface area (Å²) in [5.74, 6) is 0. The quantitative estimate of drug-likeness (QED) is 0.452. The van der Waals surface area contributed by atoms with Crippen molar-refractivity contribution < 1.29 is 0 Å². The van der Waals surface area contributed by atoms with Crippen molar-refractivity contribution in [1.29, 1.82) is 0 Å². The summed E-state index contributed by atoms with van der Waals surface area (Å²) in [6.45, 7) is 6.53. The molecule has 0 nitrogen and oxygen atoms in total. The van der Waals surface area contributed by atoms with Gasteiger partial charge in [-0.15, -0.1) is 12.0 Å². The van der Waals surface area contributed by atoms with Crippen molar-refractivity contribution in [2.45, 2.75) is 20.0 Å². The molecule has 0 amide bonds. The number of benzene rings is 1. The van der Waals surface area contributed by atoms with Crippen LogP contribution in [0.5, 0.6) is 0 Å². The summed E-state index contributed by atoms with van der Waals surface area (Å²) < 4.78 is 0. The lowest BCUT2D eigenvalue weighted by molar-refractivity contribution is 1.50. The molecule has 0 bridgehead atoms. The lowest BCUT2D eigenvalue weighted by atomic mass is 10.2. The number of hydrogen-bond donors (Lipinski definition) is 0. The molecule has 0 aromatic heterocycles. The van der Waals surface area contributed by atoms with Crippen LogP contribution in [0, 0.1) is 18.9 Å². The Morgan fingerprint density at radius 1 is 1.25 bits per heavy atom. The maximum atomic E-state index is 5.52. The lowest BCUT2D eigenvalue weighted by Crippen LogP contribution is -2.41. The largest absolute Gasteiger partial charge is 0.162 e. The molecule has 0 aliphatic carbocycles. The van der Waals surface area contributed by atoms with Gasteiger partial charge in [-0.1, -0.05) is 42.9 Å². The molecule has 0 aliphatic rings. The van der Waals surface area contributed by atoms with Crippen molar-refractivity contribution in [1.82, 2.24) is 0 Å². The minimum atomic E-state index is -1.57. The summed E-state index contributed by atoms with van der Waals surface area (Å²) >= 11 is 0. The Kier molecular flexibility index (Phi) is 2.39. The highest BCUT2D eigenvalue weighted by Gasteiger charge is 2.21. The molecule has 0 unspecified atom stereocenters. The molecular formula is C11H14Si. The van der Waals surface area contributed by atoms with Crippen LogP contribution < -0.4 is 5.19 Å². The fourth-order valence-corrected chi connectivity index (χ4v) is 3.09. The van der Waals surface area contributed by atoms with Crippen molar-refractivity contribution in [3.05, 3.63) is 29.8 Å². The summed E-state index contributed by atoms with van der Waals surface area (Å²) in [6, 6.07) is 8.40. The normalized spacial score (nSPS) is 10.8. The van der Waals surface area contributed by atoms with Crippen LogP contribution in [-0.4, -0.2) is 8.07 Å². The highest BCUT2D eigenvalue weighted by atomic mass is 28.3. The molecule has 0 aliphatic heterocycles. The van der Waals surface area contributed by atoms with Gasteiger partial charge in [0.2, 0.25) is 0 Å². The van der Waals surface area contributed by atoms with Gasteiger partial charge in [0.05, 0.1) is 0 Å². The monoisotopic (exact) mass is 174 g/mol. The van der Waals surface area contributed by atoms with Crippen LogP contribution in [0.25, 0.3) is 0 Å². The third kappa shape index (κ3) is 1.59. The Labute approximate surface area is 75.6 Å². The van der Waals surface area contributed by atoms with Crippen LogP contribution in [0.2, 0.25) is 13.1 Å². The van der Waals surface area contributed by atoms with Crippen molar-refractivity contribution in [3.63, 3.8) is 0 Å². The van der Waals surface area contributed by atoms with E-state index < -0.39 is 8.07 Å². The maximum Gasteiger partial charge on any atom is 0.162 e. The Bertz CT molecular complexity index is 318. The summed E-state index contributed by atoms with van der Waals surface area (Å²) in [6.07, 6.45) is 5.52. The molecule has 62 valence electrons. The first-order valence-corrected chi connectivity index (χ1v) is 7.12. The molecule has 1 rings (SSSR count). The minimum absolute atomic E-state index is 1.33. The second-order valence-corrected chi connectivity index (χ2v) is 7.66. The maximum absolute atomic E-state index is 5.52. The highest BCUT2D eigenvalue weighted by Crippen LogP contribution is 2.04. The van der Waals surface area contributed by atoms with Gasteiger partial charge in [-0.25, -0.2) is 0 Å². The first-order valence-electron chi connectivity index (χ1n) is 4.12. The lowest BCUT2D eigenvalue weighted by Gasteiger charge is -2.17. The number of aryl methyl sites for hydroxylation is 1. The van der Waals surface area contributed by atoms with E-state index in [1.165, 1.54) is 10.8 Å². The number of hydrogen-bond acceptors (Lipinski definition) is 0. The van der Waals surface area contributed by atoms with Crippen molar-refractivity contribution in [2.24, 2.45) is 0 Å². The predicted octanol–water partition coefficient (Wildman–Crippen LogP) is 2.08. The van der Waals surface area contributed by atoms with E-state index in [0.29, 0.717) is 0 Å². The van der Waals surface area contributed by atoms with Crippen LogP contribution >= 0.6 is 0 Å². The molecule has 0 saturated heterocycles.